The molecule has 62 valence electrons. The summed E-state index contributed by atoms with van der Waals surface area (Å²) in [6.45, 7) is 8.65. The molecule has 2 heteroatoms. The SMILES string of the molecule is [B]/C=C1\NC2CC(C1=C)C2(C)C. The van der Waals surface area contributed by atoms with Gasteiger partial charge < -0.3 is 5.32 Å². The fourth-order valence-electron chi connectivity index (χ4n) is 2.39. The van der Waals surface area contributed by atoms with E-state index in [0.29, 0.717) is 17.4 Å². The van der Waals surface area contributed by atoms with Gasteiger partial charge in [0.15, 0.2) is 0 Å². The molecule has 2 heterocycles. The number of hydrogen-bond acceptors (Lipinski definition) is 1. The van der Waals surface area contributed by atoms with Crippen molar-refractivity contribution in [3.05, 3.63) is 23.8 Å². The highest BCUT2D eigenvalue weighted by molar-refractivity contribution is 6.17. The van der Waals surface area contributed by atoms with Gasteiger partial charge in [-0.15, -0.1) is 5.98 Å². The highest BCUT2D eigenvalue weighted by atomic mass is 15.0. The first-order valence-corrected chi connectivity index (χ1v) is 4.45. The molecule has 1 aliphatic carbocycles. The summed E-state index contributed by atoms with van der Waals surface area (Å²) in [5.41, 5.74) is 2.62. The molecule has 2 aliphatic heterocycles. The number of nitrogens with one attached hydrogen (secondary N) is 1. The van der Waals surface area contributed by atoms with Crippen molar-refractivity contribution in [2.24, 2.45) is 11.3 Å². The lowest BCUT2D eigenvalue weighted by Crippen LogP contribution is -2.61. The van der Waals surface area contributed by atoms with Crippen molar-refractivity contribution in [1.29, 1.82) is 0 Å². The third-order valence-corrected chi connectivity index (χ3v) is 3.53. The number of allylic oxidation sites excluding steroid dienone is 1. The van der Waals surface area contributed by atoms with Crippen LogP contribution in [-0.2, 0) is 0 Å². The smallest absolute Gasteiger partial charge is 0.105 e. The molecule has 2 radical (unpaired) electrons. The van der Waals surface area contributed by atoms with Crippen LogP contribution in [0.3, 0.4) is 0 Å². The molecule has 12 heavy (non-hydrogen) atoms. The van der Waals surface area contributed by atoms with Crippen LogP contribution in [0.25, 0.3) is 0 Å². The minimum atomic E-state index is 0.379. The third-order valence-electron chi connectivity index (χ3n) is 3.53. The summed E-state index contributed by atoms with van der Waals surface area (Å²) in [6.07, 6.45) is 1.23. The molecular formula is C10H14BN. The Balaban J connectivity index is 2.28. The van der Waals surface area contributed by atoms with E-state index in [1.165, 1.54) is 12.0 Å². The number of piperidine rings is 2. The van der Waals surface area contributed by atoms with Crippen LogP contribution in [0, 0.1) is 11.3 Å². The van der Waals surface area contributed by atoms with Gasteiger partial charge in [-0.2, -0.15) is 0 Å². The van der Waals surface area contributed by atoms with Gasteiger partial charge >= 0.3 is 0 Å². The zero-order valence-corrected chi connectivity index (χ0v) is 7.72. The predicted molar refractivity (Wildman–Crippen MR) is 51.8 cm³/mol. The molecule has 0 aromatic heterocycles. The molecule has 0 aromatic carbocycles. The van der Waals surface area contributed by atoms with E-state index in [0.717, 1.165) is 5.70 Å². The summed E-state index contributed by atoms with van der Waals surface area (Å²) in [6, 6.07) is 0.600. The molecular weight excluding hydrogens is 145 g/mol. The third kappa shape index (κ3) is 0.756. The summed E-state index contributed by atoms with van der Waals surface area (Å²) in [5.74, 6) is 2.27. The van der Waals surface area contributed by atoms with Gasteiger partial charge in [-0.05, 0) is 23.3 Å². The monoisotopic (exact) mass is 159 g/mol. The van der Waals surface area contributed by atoms with Crippen molar-refractivity contribution in [3.8, 4) is 0 Å². The van der Waals surface area contributed by atoms with Crippen molar-refractivity contribution < 1.29 is 0 Å². The Hall–Kier alpha value is -0.655. The molecule has 3 rings (SSSR count). The molecule has 1 nitrogen and oxygen atoms in total. The highest BCUT2D eigenvalue weighted by Gasteiger charge is 2.53. The molecule has 1 N–H and O–H groups in total. The van der Waals surface area contributed by atoms with Crippen molar-refractivity contribution in [1.82, 2.24) is 5.32 Å². The molecule has 2 saturated heterocycles. The molecule has 0 spiro atoms. The van der Waals surface area contributed by atoms with Crippen LogP contribution in [0.5, 0.6) is 0 Å². The van der Waals surface area contributed by atoms with E-state index in [1.54, 1.807) is 5.98 Å². The van der Waals surface area contributed by atoms with Gasteiger partial charge in [-0.25, -0.2) is 0 Å². The lowest BCUT2D eigenvalue weighted by atomic mass is 9.53. The molecule has 2 atom stereocenters. The quantitative estimate of drug-likeness (QED) is 0.529. The number of fused-ring (bicyclic) bond motifs is 2. The van der Waals surface area contributed by atoms with Crippen LogP contribution in [-0.4, -0.2) is 13.9 Å². The van der Waals surface area contributed by atoms with Gasteiger partial charge in [0.25, 0.3) is 0 Å². The van der Waals surface area contributed by atoms with Gasteiger partial charge in [0.05, 0.1) is 0 Å². The maximum absolute atomic E-state index is 5.48. The molecule has 1 saturated carbocycles. The van der Waals surface area contributed by atoms with Gasteiger partial charge in [0.2, 0.25) is 0 Å². The minimum absolute atomic E-state index is 0.379. The average Bonchev–Trinajstić information content (AvgIpc) is 2.03. The maximum Gasteiger partial charge on any atom is 0.105 e. The summed E-state index contributed by atoms with van der Waals surface area (Å²) < 4.78 is 0. The molecule has 2 bridgehead atoms. The second-order valence-corrected chi connectivity index (χ2v) is 4.41. The van der Waals surface area contributed by atoms with E-state index < -0.39 is 0 Å². The first kappa shape index (κ1) is 7.97. The van der Waals surface area contributed by atoms with E-state index in [1.807, 2.05) is 0 Å². The molecule has 3 aliphatic rings. The first-order valence-electron chi connectivity index (χ1n) is 4.45. The Morgan fingerprint density at radius 2 is 2.33 bits per heavy atom. The minimum Gasteiger partial charge on any atom is -0.382 e. The van der Waals surface area contributed by atoms with Crippen molar-refractivity contribution in [2.45, 2.75) is 26.3 Å². The summed E-state index contributed by atoms with van der Waals surface area (Å²) >= 11 is 0. The first-order chi connectivity index (χ1) is 5.57. The Morgan fingerprint density at radius 1 is 1.67 bits per heavy atom. The zero-order valence-electron chi connectivity index (χ0n) is 7.72. The molecule has 0 aromatic rings. The maximum atomic E-state index is 5.48. The van der Waals surface area contributed by atoms with E-state index in [9.17, 15) is 0 Å². The second-order valence-electron chi connectivity index (χ2n) is 4.41. The van der Waals surface area contributed by atoms with Gasteiger partial charge in [-0.1, -0.05) is 20.4 Å². The second kappa shape index (κ2) is 2.18. The van der Waals surface area contributed by atoms with E-state index >= 15 is 0 Å². The Labute approximate surface area is 75.3 Å². The van der Waals surface area contributed by atoms with E-state index in [4.69, 9.17) is 7.85 Å². The number of rotatable bonds is 0. The number of hydrogen-bond donors (Lipinski definition) is 1. The topological polar surface area (TPSA) is 12.0 Å². The normalized spacial score (nSPS) is 40.5. The van der Waals surface area contributed by atoms with Gasteiger partial charge in [0, 0.05) is 11.7 Å². The van der Waals surface area contributed by atoms with Gasteiger partial charge in [-0.3, -0.25) is 0 Å². The van der Waals surface area contributed by atoms with Crippen LogP contribution in [0.2, 0.25) is 0 Å². The Bertz CT molecular complexity index is 265. The molecule has 2 unspecified atom stereocenters. The zero-order chi connectivity index (χ0) is 8.93. The molecule has 0 amide bonds. The van der Waals surface area contributed by atoms with Crippen LogP contribution in [0.15, 0.2) is 23.8 Å². The fourth-order valence-corrected chi connectivity index (χ4v) is 2.39. The summed E-state index contributed by atoms with van der Waals surface area (Å²) in [7, 11) is 5.48. The van der Waals surface area contributed by atoms with Crippen LogP contribution >= 0.6 is 0 Å². The Kier molecular flexibility index (Phi) is 1.45. The summed E-state index contributed by atoms with van der Waals surface area (Å²) in [5, 5.41) is 3.41. The molecule has 3 fully saturated rings. The van der Waals surface area contributed by atoms with Crippen molar-refractivity contribution in [2.75, 3.05) is 0 Å². The van der Waals surface area contributed by atoms with Crippen molar-refractivity contribution in [3.63, 3.8) is 0 Å². The predicted octanol–water partition coefficient (Wildman–Crippen LogP) is 1.57. The highest BCUT2D eigenvalue weighted by Crippen LogP contribution is 2.54. The van der Waals surface area contributed by atoms with Crippen LogP contribution in [0.1, 0.15) is 20.3 Å². The summed E-state index contributed by atoms with van der Waals surface area (Å²) in [4.78, 5) is 0. The lowest BCUT2D eigenvalue weighted by Gasteiger charge is -2.58. The van der Waals surface area contributed by atoms with E-state index in [2.05, 4.69) is 25.7 Å². The van der Waals surface area contributed by atoms with Gasteiger partial charge in [0.1, 0.15) is 7.85 Å². The fraction of sp³-hybridized carbons (Fsp3) is 0.600. The lowest BCUT2D eigenvalue weighted by molar-refractivity contribution is 0.0280. The van der Waals surface area contributed by atoms with Crippen LogP contribution < -0.4 is 5.32 Å². The standard InChI is InChI=1S/C10H14BN/c1-6-7-4-9(10(7,2)3)12-8(6)5-11/h5,7,9,12H,1,4H2,2-3H3/b8-5-. The van der Waals surface area contributed by atoms with E-state index in [-0.39, 0.29) is 0 Å². The van der Waals surface area contributed by atoms with Crippen molar-refractivity contribution >= 4 is 7.85 Å². The average molecular weight is 159 g/mol. The Morgan fingerprint density at radius 3 is 2.75 bits per heavy atom. The largest absolute Gasteiger partial charge is 0.382 e. The van der Waals surface area contributed by atoms with Crippen LogP contribution in [0.4, 0.5) is 0 Å².